The van der Waals surface area contributed by atoms with Crippen LogP contribution < -0.4 is 4.90 Å². The summed E-state index contributed by atoms with van der Waals surface area (Å²) in [6.45, 7) is 0.752. The van der Waals surface area contributed by atoms with Crippen molar-refractivity contribution >= 4 is 34.7 Å². The second kappa shape index (κ2) is 5.42. The highest BCUT2D eigenvalue weighted by molar-refractivity contribution is 7.07. The third-order valence-corrected chi connectivity index (χ3v) is 4.29. The summed E-state index contributed by atoms with van der Waals surface area (Å²) < 4.78 is 0. The summed E-state index contributed by atoms with van der Waals surface area (Å²) in [6, 6.07) is 5.93. The van der Waals surface area contributed by atoms with Crippen molar-refractivity contribution in [1.82, 2.24) is 4.98 Å². The van der Waals surface area contributed by atoms with E-state index in [0.29, 0.717) is 11.9 Å². The predicted molar refractivity (Wildman–Crippen MR) is 79.7 cm³/mol. The van der Waals surface area contributed by atoms with Crippen molar-refractivity contribution in [2.45, 2.75) is 25.4 Å². The van der Waals surface area contributed by atoms with Crippen LogP contribution in [0.25, 0.3) is 0 Å². The number of hydrogen-bond acceptors (Lipinski definition) is 4. The number of pyridine rings is 1. The van der Waals surface area contributed by atoms with Gasteiger partial charge in [-0.3, -0.25) is 0 Å². The molecule has 0 amide bonds. The first-order valence-corrected chi connectivity index (χ1v) is 7.65. The fraction of sp³-hybridized carbons (Fsp3) is 0.286. The monoisotopic (exact) mass is 308 g/mol. The molecule has 0 bridgehead atoms. The fourth-order valence-corrected chi connectivity index (χ4v) is 2.95. The molecule has 1 aliphatic carbocycles. The van der Waals surface area contributed by atoms with Gasteiger partial charge in [-0.25, -0.2) is 9.78 Å². The van der Waals surface area contributed by atoms with Crippen LogP contribution in [0.1, 0.15) is 28.9 Å². The van der Waals surface area contributed by atoms with Crippen LogP contribution in [0.4, 0.5) is 5.82 Å². The van der Waals surface area contributed by atoms with E-state index in [0.717, 1.165) is 19.4 Å². The molecule has 2 heterocycles. The number of carbonyl (C=O) groups is 1. The highest BCUT2D eigenvalue weighted by Crippen LogP contribution is 2.33. The molecule has 0 aromatic carbocycles. The predicted octanol–water partition coefficient (Wildman–Crippen LogP) is 3.66. The van der Waals surface area contributed by atoms with E-state index in [2.05, 4.69) is 21.3 Å². The van der Waals surface area contributed by atoms with E-state index in [-0.39, 0.29) is 10.7 Å². The standard InChI is InChI=1S/C14H13ClN2O2S/c15-11-3-4-12(16-13(11)14(18)19)17(10-1-2-10)7-9-5-6-20-8-9/h3-6,8,10H,1-2,7H2,(H,18,19). The molecule has 0 spiro atoms. The molecule has 1 saturated carbocycles. The number of halogens is 1. The van der Waals surface area contributed by atoms with Crippen LogP contribution in [0.15, 0.2) is 29.0 Å². The third kappa shape index (κ3) is 2.78. The van der Waals surface area contributed by atoms with E-state index < -0.39 is 5.97 Å². The van der Waals surface area contributed by atoms with Crippen molar-refractivity contribution < 1.29 is 9.90 Å². The second-order valence-electron chi connectivity index (χ2n) is 4.80. The Morgan fingerprint density at radius 3 is 2.85 bits per heavy atom. The number of nitrogens with zero attached hydrogens (tertiary/aromatic N) is 2. The zero-order chi connectivity index (χ0) is 14.1. The van der Waals surface area contributed by atoms with Gasteiger partial charge in [-0.1, -0.05) is 11.6 Å². The Kier molecular flexibility index (Phi) is 3.63. The number of hydrogen-bond donors (Lipinski definition) is 1. The first-order valence-electron chi connectivity index (χ1n) is 6.32. The van der Waals surface area contributed by atoms with Crippen molar-refractivity contribution in [3.05, 3.63) is 45.2 Å². The summed E-state index contributed by atoms with van der Waals surface area (Å²) in [5.74, 6) is -0.413. The number of aromatic nitrogens is 1. The number of aromatic carboxylic acids is 1. The van der Waals surface area contributed by atoms with Crippen LogP contribution in [0.5, 0.6) is 0 Å². The third-order valence-electron chi connectivity index (χ3n) is 3.25. The Bertz CT molecular complexity index is 626. The zero-order valence-electron chi connectivity index (χ0n) is 10.6. The van der Waals surface area contributed by atoms with Gasteiger partial charge in [-0.15, -0.1) is 0 Å². The molecule has 6 heteroatoms. The topological polar surface area (TPSA) is 53.4 Å². The van der Waals surface area contributed by atoms with Crippen LogP contribution in [-0.4, -0.2) is 22.1 Å². The van der Waals surface area contributed by atoms with Gasteiger partial charge in [-0.05, 0) is 47.4 Å². The lowest BCUT2D eigenvalue weighted by atomic mass is 10.2. The lowest BCUT2D eigenvalue weighted by molar-refractivity contribution is 0.0691. The summed E-state index contributed by atoms with van der Waals surface area (Å²) in [5.41, 5.74) is 1.13. The average Bonchev–Trinajstić information content (AvgIpc) is 3.14. The lowest BCUT2D eigenvalue weighted by Crippen LogP contribution is -2.26. The molecule has 0 atom stereocenters. The van der Waals surface area contributed by atoms with E-state index >= 15 is 0 Å². The SMILES string of the molecule is O=C(O)c1nc(N(Cc2ccsc2)C2CC2)ccc1Cl. The van der Waals surface area contributed by atoms with Crippen LogP contribution in [0, 0.1) is 0 Å². The highest BCUT2D eigenvalue weighted by Gasteiger charge is 2.30. The van der Waals surface area contributed by atoms with Gasteiger partial charge in [0.1, 0.15) is 5.82 Å². The minimum atomic E-state index is -1.09. The Labute approximate surface area is 125 Å². The minimum Gasteiger partial charge on any atom is -0.476 e. The van der Waals surface area contributed by atoms with Gasteiger partial charge in [0.25, 0.3) is 0 Å². The first kappa shape index (κ1) is 13.4. The van der Waals surface area contributed by atoms with Gasteiger partial charge in [0.15, 0.2) is 5.69 Å². The van der Waals surface area contributed by atoms with Gasteiger partial charge in [0, 0.05) is 12.6 Å². The van der Waals surface area contributed by atoms with Crippen molar-refractivity contribution in [1.29, 1.82) is 0 Å². The second-order valence-corrected chi connectivity index (χ2v) is 5.98. The first-order chi connectivity index (χ1) is 9.65. The van der Waals surface area contributed by atoms with Crippen molar-refractivity contribution in [2.75, 3.05) is 4.90 Å². The smallest absolute Gasteiger partial charge is 0.356 e. The molecule has 20 heavy (non-hydrogen) atoms. The Hall–Kier alpha value is -1.59. The molecular weight excluding hydrogens is 296 g/mol. The molecule has 0 aliphatic heterocycles. The normalized spacial score (nSPS) is 14.2. The van der Waals surface area contributed by atoms with Crippen LogP contribution in [-0.2, 0) is 6.54 Å². The van der Waals surface area contributed by atoms with Crippen LogP contribution in [0.3, 0.4) is 0 Å². The largest absolute Gasteiger partial charge is 0.476 e. The highest BCUT2D eigenvalue weighted by atomic mass is 35.5. The summed E-state index contributed by atoms with van der Waals surface area (Å²) >= 11 is 7.53. The minimum absolute atomic E-state index is 0.0832. The summed E-state index contributed by atoms with van der Waals surface area (Å²) in [6.07, 6.45) is 2.24. The zero-order valence-corrected chi connectivity index (χ0v) is 12.2. The van der Waals surface area contributed by atoms with Gasteiger partial charge in [0.2, 0.25) is 0 Å². The van der Waals surface area contributed by atoms with Crippen molar-refractivity contribution in [3.63, 3.8) is 0 Å². The van der Waals surface area contributed by atoms with E-state index in [1.54, 1.807) is 23.5 Å². The maximum absolute atomic E-state index is 11.1. The Morgan fingerprint density at radius 2 is 2.25 bits per heavy atom. The molecule has 1 aliphatic rings. The quantitative estimate of drug-likeness (QED) is 0.915. The summed E-state index contributed by atoms with van der Waals surface area (Å²) in [5, 5.41) is 13.4. The lowest BCUT2D eigenvalue weighted by Gasteiger charge is -2.23. The molecular formula is C14H13ClN2O2S. The van der Waals surface area contributed by atoms with Crippen molar-refractivity contribution in [2.24, 2.45) is 0 Å². The van der Waals surface area contributed by atoms with Gasteiger partial charge in [-0.2, -0.15) is 11.3 Å². The van der Waals surface area contributed by atoms with Gasteiger partial charge in [0.05, 0.1) is 5.02 Å². The van der Waals surface area contributed by atoms with E-state index in [1.807, 2.05) is 5.38 Å². The number of thiophene rings is 1. The number of rotatable bonds is 5. The molecule has 1 N–H and O–H groups in total. The molecule has 2 aromatic heterocycles. The maximum Gasteiger partial charge on any atom is 0.356 e. The molecule has 0 unspecified atom stereocenters. The number of carboxylic acid groups (broad SMARTS) is 1. The van der Waals surface area contributed by atoms with E-state index in [1.165, 1.54) is 5.56 Å². The Balaban J connectivity index is 1.91. The van der Waals surface area contributed by atoms with Gasteiger partial charge >= 0.3 is 5.97 Å². The maximum atomic E-state index is 11.1. The molecule has 0 radical (unpaired) electrons. The summed E-state index contributed by atoms with van der Waals surface area (Å²) in [7, 11) is 0. The molecule has 3 rings (SSSR count). The van der Waals surface area contributed by atoms with Crippen LogP contribution >= 0.6 is 22.9 Å². The average molecular weight is 309 g/mol. The Morgan fingerprint density at radius 1 is 1.45 bits per heavy atom. The number of carboxylic acids is 1. The van der Waals surface area contributed by atoms with Gasteiger partial charge < -0.3 is 10.0 Å². The summed E-state index contributed by atoms with van der Waals surface area (Å²) in [4.78, 5) is 17.5. The van der Waals surface area contributed by atoms with E-state index in [4.69, 9.17) is 16.7 Å². The van der Waals surface area contributed by atoms with Crippen LogP contribution in [0.2, 0.25) is 5.02 Å². The molecule has 4 nitrogen and oxygen atoms in total. The molecule has 1 fully saturated rings. The van der Waals surface area contributed by atoms with E-state index in [9.17, 15) is 4.79 Å². The fourth-order valence-electron chi connectivity index (χ4n) is 2.10. The van der Waals surface area contributed by atoms with Crippen molar-refractivity contribution in [3.8, 4) is 0 Å². The molecule has 0 saturated heterocycles. The molecule has 104 valence electrons. The molecule has 2 aromatic rings. The number of anilines is 1.